The van der Waals surface area contributed by atoms with Crippen molar-refractivity contribution in [3.8, 4) is 5.75 Å². The molecule has 1 rings (SSSR count). The van der Waals surface area contributed by atoms with Gasteiger partial charge in [0.2, 0.25) is 0 Å². The Hall–Kier alpha value is -1.59. The highest BCUT2D eigenvalue weighted by molar-refractivity contribution is 5.94. The molecule has 0 spiro atoms. The Kier molecular flexibility index (Phi) is 7.69. The van der Waals surface area contributed by atoms with Gasteiger partial charge in [0.05, 0.1) is 6.61 Å². The van der Waals surface area contributed by atoms with Crippen LogP contribution >= 0.6 is 0 Å². The number of ether oxygens (including phenoxy) is 2. The monoisotopic (exact) mass is 280 g/mol. The molecule has 0 atom stereocenters. The van der Waals surface area contributed by atoms with Crippen molar-refractivity contribution in [3.05, 3.63) is 29.8 Å². The maximum absolute atomic E-state index is 11.4. The van der Waals surface area contributed by atoms with Gasteiger partial charge in [0.25, 0.3) is 5.91 Å². The standard InChI is InChI=1S/C15H24N2O3/c1-12(2)5-4-8-19-9-10-20-14-7-3-6-13(11-14)15(18)17-16/h3,6-7,11-12H,4-5,8-10,16H2,1-2H3,(H,17,18). The largest absolute Gasteiger partial charge is 0.491 e. The van der Waals surface area contributed by atoms with Crippen molar-refractivity contribution in [2.24, 2.45) is 11.8 Å². The number of nitrogens with two attached hydrogens (primary N) is 1. The van der Waals surface area contributed by atoms with Gasteiger partial charge in [-0.3, -0.25) is 10.2 Å². The first-order chi connectivity index (χ1) is 9.63. The summed E-state index contributed by atoms with van der Waals surface area (Å²) < 4.78 is 11.0. The predicted octanol–water partition coefficient (Wildman–Crippen LogP) is 2.12. The van der Waals surface area contributed by atoms with Crippen molar-refractivity contribution in [2.75, 3.05) is 19.8 Å². The van der Waals surface area contributed by atoms with Crippen LogP contribution < -0.4 is 16.0 Å². The van der Waals surface area contributed by atoms with Crippen molar-refractivity contribution >= 4 is 5.91 Å². The summed E-state index contributed by atoms with van der Waals surface area (Å²) in [7, 11) is 0. The third-order valence-corrected chi connectivity index (χ3v) is 2.79. The smallest absolute Gasteiger partial charge is 0.265 e. The Labute approximate surface area is 120 Å². The number of amides is 1. The Bertz CT molecular complexity index is 408. The van der Waals surface area contributed by atoms with Gasteiger partial charge in [-0.2, -0.15) is 0 Å². The van der Waals surface area contributed by atoms with Gasteiger partial charge in [-0.1, -0.05) is 19.9 Å². The number of nitrogen functional groups attached to an aromatic ring is 1. The Morgan fingerprint density at radius 2 is 2.10 bits per heavy atom. The SMILES string of the molecule is CC(C)CCCOCCOc1cccc(C(=O)NN)c1. The molecule has 5 nitrogen and oxygen atoms in total. The molecule has 1 aromatic carbocycles. The van der Waals surface area contributed by atoms with Gasteiger partial charge in [0.15, 0.2) is 0 Å². The van der Waals surface area contributed by atoms with E-state index in [4.69, 9.17) is 15.3 Å². The van der Waals surface area contributed by atoms with Gasteiger partial charge in [0.1, 0.15) is 12.4 Å². The Morgan fingerprint density at radius 1 is 1.30 bits per heavy atom. The molecule has 0 saturated heterocycles. The van der Waals surface area contributed by atoms with Crippen molar-refractivity contribution in [3.63, 3.8) is 0 Å². The molecule has 3 N–H and O–H groups in total. The molecule has 0 bridgehead atoms. The van der Waals surface area contributed by atoms with Gasteiger partial charge in [-0.05, 0) is 37.0 Å². The van der Waals surface area contributed by atoms with Crippen molar-refractivity contribution in [2.45, 2.75) is 26.7 Å². The first-order valence-corrected chi connectivity index (χ1v) is 6.95. The van der Waals surface area contributed by atoms with Crippen LogP contribution in [0.3, 0.4) is 0 Å². The van der Waals surface area contributed by atoms with E-state index >= 15 is 0 Å². The van der Waals surface area contributed by atoms with Gasteiger partial charge in [0, 0.05) is 12.2 Å². The maximum Gasteiger partial charge on any atom is 0.265 e. The van der Waals surface area contributed by atoms with E-state index in [1.54, 1.807) is 24.3 Å². The number of hydrazine groups is 1. The van der Waals surface area contributed by atoms with Crippen LogP contribution in [0.5, 0.6) is 5.75 Å². The lowest BCUT2D eigenvalue weighted by atomic mass is 10.1. The van der Waals surface area contributed by atoms with Crippen LogP contribution in [0, 0.1) is 5.92 Å². The topological polar surface area (TPSA) is 73.6 Å². The Morgan fingerprint density at radius 3 is 2.80 bits per heavy atom. The van der Waals surface area contributed by atoms with Crippen LogP contribution in [0.4, 0.5) is 0 Å². The van der Waals surface area contributed by atoms with Crippen LogP contribution in [-0.4, -0.2) is 25.7 Å². The summed E-state index contributed by atoms with van der Waals surface area (Å²) >= 11 is 0. The molecule has 0 aromatic heterocycles. The number of hydrogen-bond acceptors (Lipinski definition) is 4. The second kappa shape index (κ2) is 9.34. The highest BCUT2D eigenvalue weighted by Crippen LogP contribution is 2.13. The number of carbonyl (C=O) groups is 1. The van der Waals surface area contributed by atoms with Crippen LogP contribution in [0.25, 0.3) is 0 Å². The first-order valence-electron chi connectivity index (χ1n) is 6.95. The van der Waals surface area contributed by atoms with E-state index in [-0.39, 0.29) is 5.91 Å². The lowest BCUT2D eigenvalue weighted by Gasteiger charge is -2.09. The summed E-state index contributed by atoms with van der Waals surface area (Å²) in [6.45, 7) is 6.18. The van der Waals surface area contributed by atoms with Crippen molar-refractivity contribution in [1.82, 2.24) is 5.43 Å². The molecule has 0 unspecified atom stereocenters. The number of hydrogen-bond donors (Lipinski definition) is 2. The van der Waals surface area contributed by atoms with Crippen LogP contribution in [0.15, 0.2) is 24.3 Å². The summed E-state index contributed by atoms with van der Waals surface area (Å²) in [5.74, 6) is 6.10. The summed E-state index contributed by atoms with van der Waals surface area (Å²) in [5, 5.41) is 0. The maximum atomic E-state index is 11.4. The van der Waals surface area contributed by atoms with Gasteiger partial charge in [-0.15, -0.1) is 0 Å². The van der Waals surface area contributed by atoms with E-state index in [1.807, 2.05) is 0 Å². The van der Waals surface area contributed by atoms with Gasteiger partial charge >= 0.3 is 0 Å². The molecule has 1 aromatic rings. The molecular weight excluding hydrogens is 256 g/mol. The fourth-order valence-electron chi connectivity index (χ4n) is 1.72. The molecule has 0 aliphatic rings. The molecule has 112 valence electrons. The molecule has 1 amide bonds. The zero-order valence-corrected chi connectivity index (χ0v) is 12.2. The van der Waals surface area contributed by atoms with E-state index in [0.29, 0.717) is 30.4 Å². The normalized spacial score (nSPS) is 10.6. The number of carbonyl (C=O) groups excluding carboxylic acids is 1. The molecule has 0 aliphatic carbocycles. The lowest BCUT2D eigenvalue weighted by molar-refractivity contribution is 0.0943. The van der Waals surface area contributed by atoms with Crippen LogP contribution in [0.1, 0.15) is 37.0 Å². The third kappa shape index (κ3) is 6.54. The van der Waals surface area contributed by atoms with Crippen molar-refractivity contribution < 1.29 is 14.3 Å². The first kappa shape index (κ1) is 16.5. The van der Waals surface area contributed by atoms with Crippen molar-refractivity contribution in [1.29, 1.82) is 0 Å². The minimum atomic E-state index is -0.333. The number of rotatable bonds is 9. The van der Waals surface area contributed by atoms with Gasteiger partial charge < -0.3 is 9.47 Å². The third-order valence-electron chi connectivity index (χ3n) is 2.79. The lowest BCUT2D eigenvalue weighted by Crippen LogP contribution is -2.29. The molecule has 0 heterocycles. The van der Waals surface area contributed by atoms with E-state index in [1.165, 1.54) is 6.42 Å². The minimum Gasteiger partial charge on any atom is -0.491 e. The van der Waals surface area contributed by atoms with E-state index < -0.39 is 0 Å². The number of nitrogens with one attached hydrogen (secondary N) is 1. The highest BCUT2D eigenvalue weighted by atomic mass is 16.5. The minimum absolute atomic E-state index is 0.333. The molecular formula is C15H24N2O3. The quantitative estimate of drug-likeness (QED) is 0.314. The van der Waals surface area contributed by atoms with Crippen LogP contribution in [0.2, 0.25) is 0 Å². The van der Waals surface area contributed by atoms with E-state index in [2.05, 4.69) is 19.3 Å². The fraction of sp³-hybridized carbons (Fsp3) is 0.533. The molecule has 20 heavy (non-hydrogen) atoms. The average Bonchev–Trinajstić information content (AvgIpc) is 2.45. The Balaban J connectivity index is 2.20. The van der Waals surface area contributed by atoms with Gasteiger partial charge in [-0.25, -0.2) is 5.84 Å². The summed E-state index contributed by atoms with van der Waals surface area (Å²) in [6.07, 6.45) is 2.25. The zero-order valence-electron chi connectivity index (χ0n) is 12.2. The molecule has 5 heteroatoms. The summed E-state index contributed by atoms with van der Waals surface area (Å²) in [4.78, 5) is 11.4. The molecule has 0 radical (unpaired) electrons. The second-order valence-electron chi connectivity index (χ2n) is 5.00. The number of benzene rings is 1. The van der Waals surface area contributed by atoms with E-state index in [0.717, 1.165) is 13.0 Å². The zero-order chi connectivity index (χ0) is 14.8. The fourth-order valence-corrected chi connectivity index (χ4v) is 1.72. The second-order valence-corrected chi connectivity index (χ2v) is 5.00. The van der Waals surface area contributed by atoms with E-state index in [9.17, 15) is 4.79 Å². The molecule has 0 aliphatic heterocycles. The predicted molar refractivity (Wildman–Crippen MR) is 78.5 cm³/mol. The molecule has 0 fully saturated rings. The van der Waals surface area contributed by atoms with Crippen LogP contribution in [-0.2, 0) is 4.74 Å². The highest BCUT2D eigenvalue weighted by Gasteiger charge is 2.04. The summed E-state index contributed by atoms with van der Waals surface area (Å²) in [5.41, 5.74) is 2.56. The average molecular weight is 280 g/mol. The molecule has 0 saturated carbocycles. The summed E-state index contributed by atoms with van der Waals surface area (Å²) in [6, 6.07) is 6.88.